The van der Waals surface area contributed by atoms with Crippen LogP contribution in [0.5, 0.6) is 5.88 Å². The highest BCUT2D eigenvalue weighted by Crippen LogP contribution is 2.29. The van der Waals surface area contributed by atoms with Gasteiger partial charge in [0.1, 0.15) is 5.82 Å². The van der Waals surface area contributed by atoms with Crippen molar-refractivity contribution in [3.8, 4) is 5.88 Å². The van der Waals surface area contributed by atoms with Crippen molar-refractivity contribution in [1.82, 2.24) is 4.98 Å². The number of nitrogens with zero attached hydrogens (tertiary/aromatic N) is 2. The first-order valence-electron chi connectivity index (χ1n) is 6.26. The number of nitrogens with two attached hydrogens (primary N) is 1. The van der Waals surface area contributed by atoms with E-state index in [1.165, 1.54) is 0 Å². The van der Waals surface area contributed by atoms with Crippen molar-refractivity contribution in [2.75, 3.05) is 30.3 Å². The Morgan fingerprint density at radius 1 is 1.35 bits per heavy atom. The molecule has 0 amide bonds. The van der Waals surface area contributed by atoms with Crippen molar-refractivity contribution in [3.63, 3.8) is 0 Å². The fourth-order valence-electron chi connectivity index (χ4n) is 2.19. The summed E-state index contributed by atoms with van der Waals surface area (Å²) >= 11 is 0. The quantitative estimate of drug-likeness (QED) is 0.872. The van der Waals surface area contributed by atoms with Gasteiger partial charge in [-0.3, -0.25) is 0 Å². The molecule has 1 aliphatic rings. The van der Waals surface area contributed by atoms with Gasteiger partial charge in [-0.05, 0) is 30.9 Å². The molecule has 1 fully saturated rings. The van der Waals surface area contributed by atoms with Gasteiger partial charge in [0.15, 0.2) is 0 Å². The maximum Gasteiger partial charge on any atom is 0.239 e. The molecule has 17 heavy (non-hydrogen) atoms. The van der Waals surface area contributed by atoms with E-state index in [-0.39, 0.29) is 0 Å². The standard InChI is InChI=1S/C13H21N3O/c1-4-17-13-11(14)5-6-12(15-13)16-7-9(2)10(3)8-16/h5-6,9-10H,4,7-8,14H2,1-3H3. The largest absolute Gasteiger partial charge is 0.476 e. The van der Waals surface area contributed by atoms with Crippen LogP contribution in [0.2, 0.25) is 0 Å². The van der Waals surface area contributed by atoms with Crippen LogP contribution >= 0.6 is 0 Å². The van der Waals surface area contributed by atoms with E-state index < -0.39 is 0 Å². The summed E-state index contributed by atoms with van der Waals surface area (Å²) in [4.78, 5) is 6.79. The molecular weight excluding hydrogens is 214 g/mol. The van der Waals surface area contributed by atoms with Gasteiger partial charge < -0.3 is 15.4 Å². The number of hydrogen-bond donors (Lipinski definition) is 1. The predicted molar refractivity (Wildman–Crippen MR) is 70.4 cm³/mol. The van der Waals surface area contributed by atoms with Crippen molar-refractivity contribution in [1.29, 1.82) is 0 Å². The van der Waals surface area contributed by atoms with E-state index in [1.54, 1.807) is 0 Å². The Morgan fingerprint density at radius 3 is 2.59 bits per heavy atom. The lowest BCUT2D eigenvalue weighted by Crippen LogP contribution is -2.21. The molecule has 2 unspecified atom stereocenters. The maximum absolute atomic E-state index is 5.82. The highest BCUT2D eigenvalue weighted by molar-refractivity contribution is 5.55. The summed E-state index contributed by atoms with van der Waals surface area (Å²) in [5.74, 6) is 2.95. The third-order valence-electron chi connectivity index (χ3n) is 3.47. The van der Waals surface area contributed by atoms with E-state index in [0.29, 0.717) is 30.0 Å². The van der Waals surface area contributed by atoms with Crippen molar-refractivity contribution < 1.29 is 4.74 Å². The second kappa shape index (κ2) is 4.82. The van der Waals surface area contributed by atoms with Gasteiger partial charge in [0.25, 0.3) is 0 Å². The fraction of sp³-hybridized carbons (Fsp3) is 0.615. The summed E-state index contributed by atoms with van der Waals surface area (Å²) in [6.45, 7) is 9.21. The van der Waals surface area contributed by atoms with Gasteiger partial charge in [0, 0.05) is 13.1 Å². The van der Waals surface area contributed by atoms with Gasteiger partial charge in [-0.1, -0.05) is 13.8 Å². The molecular formula is C13H21N3O. The Labute approximate surface area is 103 Å². The van der Waals surface area contributed by atoms with Crippen molar-refractivity contribution in [2.45, 2.75) is 20.8 Å². The third-order valence-corrected chi connectivity index (χ3v) is 3.47. The summed E-state index contributed by atoms with van der Waals surface area (Å²) in [7, 11) is 0. The molecule has 0 radical (unpaired) electrons. The Hall–Kier alpha value is -1.45. The highest BCUT2D eigenvalue weighted by atomic mass is 16.5. The second-order valence-corrected chi connectivity index (χ2v) is 4.86. The number of rotatable bonds is 3. The molecule has 2 atom stereocenters. The summed E-state index contributed by atoms with van der Waals surface area (Å²) in [5, 5.41) is 0. The SMILES string of the molecule is CCOc1nc(N2CC(C)C(C)C2)ccc1N. The molecule has 2 heterocycles. The Balaban J connectivity index is 2.19. The molecule has 2 N–H and O–H groups in total. The van der Waals surface area contributed by atoms with E-state index in [0.717, 1.165) is 18.9 Å². The zero-order valence-corrected chi connectivity index (χ0v) is 10.8. The van der Waals surface area contributed by atoms with Gasteiger partial charge in [0.05, 0.1) is 12.3 Å². The van der Waals surface area contributed by atoms with Crippen LogP contribution in [-0.4, -0.2) is 24.7 Å². The molecule has 4 nitrogen and oxygen atoms in total. The van der Waals surface area contributed by atoms with Gasteiger partial charge >= 0.3 is 0 Å². The number of pyridine rings is 1. The minimum Gasteiger partial charge on any atom is -0.476 e. The molecule has 0 spiro atoms. The number of nitrogen functional groups attached to an aromatic ring is 1. The maximum atomic E-state index is 5.82. The lowest BCUT2D eigenvalue weighted by molar-refractivity contribution is 0.329. The van der Waals surface area contributed by atoms with E-state index in [4.69, 9.17) is 10.5 Å². The molecule has 94 valence electrons. The summed E-state index contributed by atoms with van der Waals surface area (Å²) in [5.41, 5.74) is 6.43. The van der Waals surface area contributed by atoms with Gasteiger partial charge in [-0.15, -0.1) is 0 Å². The minimum absolute atomic E-state index is 0.553. The lowest BCUT2D eigenvalue weighted by atomic mass is 10.0. The van der Waals surface area contributed by atoms with Gasteiger partial charge in [-0.2, -0.15) is 4.98 Å². The molecule has 2 rings (SSSR count). The minimum atomic E-state index is 0.553. The predicted octanol–water partition coefficient (Wildman–Crippen LogP) is 2.15. The van der Waals surface area contributed by atoms with Crippen LogP contribution in [0.3, 0.4) is 0 Å². The number of hydrogen-bond acceptors (Lipinski definition) is 4. The summed E-state index contributed by atoms with van der Waals surface area (Å²) < 4.78 is 5.43. The van der Waals surface area contributed by atoms with Crippen molar-refractivity contribution in [3.05, 3.63) is 12.1 Å². The molecule has 0 aliphatic carbocycles. The first kappa shape index (κ1) is 12.0. The highest BCUT2D eigenvalue weighted by Gasteiger charge is 2.27. The Morgan fingerprint density at radius 2 is 2.00 bits per heavy atom. The van der Waals surface area contributed by atoms with E-state index >= 15 is 0 Å². The van der Waals surface area contributed by atoms with E-state index in [1.807, 2.05) is 19.1 Å². The fourth-order valence-corrected chi connectivity index (χ4v) is 2.19. The zero-order chi connectivity index (χ0) is 12.4. The van der Waals surface area contributed by atoms with Crippen LogP contribution in [0.1, 0.15) is 20.8 Å². The van der Waals surface area contributed by atoms with Crippen LogP contribution in [0, 0.1) is 11.8 Å². The van der Waals surface area contributed by atoms with E-state index in [2.05, 4.69) is 23.7 Å². The topological polar surface area (TPSA) is 51.4 Å². The Bertz CT molecular complexity index is 384. The third kappa shape index (κ3) is 2.46. The van der Waals surface area contributed by atoms with Crippen molar-refractivity contribution in [2.24, 2.45) is 11.8 Å². The van der Waals surface area contributed by atoms with Crippen LogP contribution in [0.4, 0.5) is 11.5 Å². The monoisotopic (exact) mass is 235 g/mol. The number of aromatic nitrogens is 1. The number of anilines is 2. The molecule has 1 aliphatic heterocycles. The zero-order valence-electron chi connectivity index (χ0n) is 10.8. The van der Waals surface area contributed by atoms with Crippen LogP contribution in [0.25, 0.3) is 0 Å². The second-order valence-electron chi connectivity index (χ2n) is 4.86. The molecule has 1 saturated heterocycles. The summed E-state index contributed by atoms with van der Waals surface area (Å²) in [6.07, 6.45) is 0. The van der Waals surface area contributed by atoms with E-state index in [9.17, 15) is 0 Å². The van der Waals surface area contributed by atoms with Crippen LogP contribution < -0.4 is 15.4 Å². The number of ether oxygens (including phenoxy) is 1. The normalized spacial score (nSPS) is 24.1. The smallest absolute Gasteiger partial charge is 0.239 e. The first-order chi connectivity index (χ1) is 8.11. The molecule has 1 aromatic heterocycles. The van der Waals surface area contributed by atoms with Crippen LogP contribution in [0.15, 0.2) is 12.1 Å². The van der Waals surface area contributed by atoms with Gasteiger partial charge in [-0.25, -0.2) is 0 Å². The Kier molecular flexibility index (Phi) is 3.41. The van der Waals surface area contributed by atoms with Crippen molar-refractivity contribution >= 4 is 11.5 Å². The van der Waals surface area contributed by atoms with Gasteiger partial charge in [0.2, 0.25) is 5.88 Å². The first-order valence-corrected chi connectivity index (χ1v) is 6.26. The lowest BCUT2D eigenvalue weighted by Gasteiger charge is -2.18. The molecule has 4 heteroatoms. The average Bonchev–Trinajstić information content (AvgIpc) is 2.63. The molecule has 0 aromatic carbocycles. The average molecular weight is 235 g/mol. The summed E-state index contributed by atoms with van der Waals surface area (Å²) in [6, 6.07) is 3.85. The molecule has 0 bridgehead atoms. The molecule has 0 saturated carbocycles. The molecule has 1 aromatic rings. The van der Waals surface area contributed by atoms with Crippen LogP contribution in [-0.2, 0) is 0 Å².